The number of methoxy groups -OCH3 is 1. The predicted molar refractivity (Wildman–Crippen MR) is 77.5 cm³/mol. The molecule has 2 aliphatic heterocycles. The molecule has 20 heavy (non-hydrogen) atoms. The van der Waals surface area contributed by atoms with Gasteiger partial charge in [-0.3, -0.25) is 4.90 Å². The molecule has 0 saturated carbocycles. The molecule has 2 fully saturated rings. The molecule has 2 aliphatic rings. The highest BCUT2D eigenvalue weighted by Crippen LogP contribution is 2.30. The van der Waals surface area contributed by atoms with E-state index in [1.54, 1.807) is 12.1 Å². The Bertz CT molecular complexity index is 480. The lowest BCUT2D eigenvalue weighted by Gasteiger charge is -2.25. The van der Waals surface area contributed by atoms with Gasteiger partial charge >= 0.3 is 0 Å². The van der Waals surface area contributed by atoms with E-state index in [2.05, 4.69) is 17.1 Å². The van der Waals surface area contributed by atoms with Crippen LogP contribution in [0.25, 0.3) is 0 Å². The summed E-state index contributed by atoms with van der Waals surface area (Å²) in [4.78, 5) is 2.58. The molecule has 110 valence electrons. The van der Waals surface area contributed by atoms with Gasteiger partial charge in [-0.15, -0.1) is 0 Å². The van der Waals surface area contributed by atoms with Gasteiger partial charge in [0.15, 0.2) is 11.6 Å². The average molecular weight is 278 g/mol. The highest BCUT2D eigenvalue weighted by molar-refractivity contribution is 5.30. The summed E-state index contributed by atoms with van der Waals surface area (Å²) in [5.41, 5.74) is 0.986. The second-order valence-electron chi connectivity index (χ2n) is 5.92. The van der Waals surface area contributed by atoms with Crippen molar-refractivity contribution in [3.63, 3.8) is 0 Å². The van der Waals surface area contributed by atoms with E-state index in [1.807, 2.05) is 6.07 Å². The maximum atomic E-state index is 13.8. The zero-order valence-corrected chi connectivity index (χ0v) is 12.2. The molecule has 4 heteroatoms. The molecule has 0 aromatic heterocycles. The second kappa shape index (κ2) is 5.70. The van der Waals surface area contributed by atoms with Crippen molar-refractivity contribution in [2.45, 2.75) is 44.3 Å². The molecule has 1 aromatic carbocycles. The fourth-order valence-electron chi connectivity index (χ4n) is 3.65. The van der Waals surface area contributed by atoms with Gasteiger partial charge in [0.1, 0.15) is 0 Å². The molecule has 2 saturated heterocycles. The van der Waals surface area contributed by atoms with Gasteiger partial charge in [0.05, 0.1) is 7.11 Å². The molecule has 0 spiro atoms. The van der Waals surface area contributed by atoms with Gasteiger partial charge in [-0.2, -0.15) is 0 Å². The Balaban J connectivity index is 1.67. The van der Waals surface area contributed by atoms with Crippen LogP contribution in [0.5, 0.6) is 5.75 Å². The summed E-state index contributed by atoms with van der Waals surface area (Å²) in [5, 5.41) is 3.68. The monoisotopic (exact) mass is 278 g/mol. The maximum absolute atomic E-state index is 13.8. The summed E-state index contributed by atoms with van der Waals surface area (Å²) in [6.07, 6.45) is 3.81. The number of benzene rings is 1. The van der Waals surface area contributed by atoms with Crippen molar-refractivity contribution in [3.05, 3.63) is 29.6 Å². The zero-order valence-electron chi connectivity index (χ0n) is 12.2. The summed E-state index contributed by atoms with van der Waals surface area (Å²) in [5.74, 6) is 0.0244. The van der Waals surface area contributed by atoms with Crippen LogP contribution in [0.2, 0.25) is 0 Å². The fourth-order valence-corrected chi connectivity index (χ4v) is 3.65. The van der Waals surface area contributed by atoms with Crippen molar-refractivity contribution in [1.82, 2.24) is 10.2 Å². The van der Waals surface area contributed by atoms with Gasteiger partial charge in [-0.25, -0.2) is 4.39 Å². The van der Waals surface area contributed by atoms with Gasteiger partial charge in [0.2, 0.25) is 0 Å². The molecule has 2 heterocycles. The van der Waals surface area contributed by atoms with Crippen LogP contribution in [-0.4, -0.2) is 37.2 Å². The van der Waals surface area contributed by atoms with E-state index in [1.165, 1.54) is 39.5 Å². The number of hydrogen-bond donors (Lipinski definition) is 1. The molecule has 1 N–H and O–H groups in total. The standard InChI is InChI=1S/C16H23FN2O/c1-11(12-5-6-16(20-2)13(17)10-12)18-14-7-9-19-8-3-4-15(14)19/h5-6,10-11,14-15,18H,3-4,7-9H2,1-2H3. The summed E-state index contributed by atoms with van der Waals surface area (Å²) in [6.45, 7) is 4.55. The second-order valence-corrected chi connectivity index (χ2v) is 5.92. The largest absolute Gasteiger partial charge is 0.494 e. The third kappa shape index (κ3) is 2.54. The normalized spacial score (nSPS) is 27.6. The Hall–Kier alpha value is -1.13. The first-order chi connectivity index (χ1) is 9.69. The van der Waals surface area contributed by atoms with Crippen LogP contribution in [0.4, 0.5) is 4.39 Å². The molecule has 0 radical (unpaired) electrons. The van der Waals surface area contributed by atoms with E-state index < -0.39 is 0 Å². The molecule has 3 rings (SSSR count). The Kier molecular flexibility index (Phi) is 3.94. The first-order valence-electron chi connectivity index (χ1n) is 7.52. The van der Waals surface area contributed by atoms with E-state index in [9.17, 15) is 4.39 Å². The van der Waals surface area contributed by atoms with Crippen LogP contribution >= 0.6 is 0 Å². The first-order valence-corrected chi connectivity index (χ1v) is 7.52. The fraction of sp³-hybridized carbons (Fsp3) is 0.625. The van der Waals surface area contributed by atoms with E-state index >= 15 is 0 Å². The number of halogens is 1. The van der Waals surface area contributed by atoms with Crippen LogP contribution in [0, 0.1) is 5.82 Å². The number of rotatable bonds is 4. The molecular weight excluding hydrogens is 255 g/mol. The Morgan fingerprint density at radius 3 is 2.95 bits per heavy atom. The smallest absolute Gasteiger partial charge is 0.165 e. The minimum Gasteiger partial charge on any atom is -0.494 e. The highest BCUT2D eigenvalue weighted by atomic mass is 19.1. The number of fused-ring (bicyclic) bond motifs is 1. The summed E-state index contributed by atoms with van der Waals surface area (Å²) in [6, 6.07) is 6.62. The Morgan fingerprint density at radius 1 is 1.35 bits per heavy atom. The molecule has 3 unspecified atom stereocenters. The Morgan fingerprint density at radius 2 is 2.20 bits per heavy atom. The van der Waals surface area contributed by atoms with Gasteiger partial charge in [0, 0.05) is 24.7 Å². The van der Waals surface area contributed by atoms with E-state index in [-0.39, 0.29) is 11.9 Å². The minimum absolute atomic E-state index is 0.168. The van der Waals surface area contributed by atoms with Crippen molar-refractivity contribution in [3.8, 4) is 5.75 Å². The van der Waals surface area contributed by atoms with Gasteiger partial charge in [0.25, 0.3) is 0 Å². The van der Waals surface area contributed by atoms with Crippen molar-refractivity contribution in [2.75, 3.05) is 20.2 Å². The maximum Gasteiger partial charge on any atom is 0.165 e. The predicted octanol–water partition coefficient (Wildman–Crippen LogP) is 2.72. The van der Waals surface area contributed by atoms with Crippen LogP contribution in [0.15, 0.2) is 18.2 Å². The van der Waals surface area contributed by atoms with Crippen LogP contribution < -0.4 is 10.1 Å². The molecule has 3 nitrogen and oxygen atoms in total. The van der Waals surface area contributed by atoms with Crippen molar-refractivity contribution >= 4 is 0 Å². The third-order valence-electron chi connectivity index (χ3n) is 4.75. The quantitative estimate of drug-likeness (QED) is 0.916. The van der Waals surface area contributed by atoms with Gasteiger partial charge in [-0.05, 0) is 50.4 Å². The lowest BCUT2D eigenvalue weighted by molar-refractivity contribution is 0.291. The lowest BCUT2D eigenvalue weighted by Crippen LogP contribution is -2.40. The van der Waals surface area contributed by atoms with Crippen LogP contribution in [0.1, 0.15) is 37.8 Å². The van der Waals surface area contributed by atoms with E-state index in [0.717, 1.165) is 5.56 Å². The summed E-state index contributed by atoms with van der Waals surface area (Å²) < 4.78 is 18.7. The van der Waals surface area contributed by atoms with Crippen LogP contribution in [0.3, 0.4) is 0 Å². The molecule has 0 amide bonds. The highest BCUT2D eigenvalue weighted by Gasteiger charge is 2.37. The van der Waals surface area contributed by atoms with Gasteiger partial charge < -0.3 is 10.1 Å². The molecular formula is C16H23FN2O. The SMILES string of the molecule is COc1ccc(C(C)NC2CCN3CCCC23)cc1F. The molecule has 0 aliphatic carbocycles. The average Bonchev–Trinajstić information content (AvgIpc) is 3.03. The lowest BCUT2D eigenvalue weighted by atomic mass is 10.0. The van der Waals surface area contributed by atoms with E-state index in [4.69, 9.17) is 4.74 Å². The molecule has 1 aromatic rings. The number of nitrogens with one attached hydrogen (secondary N) is 1. The van der Waals surface area contributed by atoms with Crippen molar-refractivity contribution in [2.24, 2.45) is 0 Å². The van der Waals surface area contributed by atoms with E-state index in [0.29, 0.717) is 17.8 Å². The molecule has 0 bridgehead atoms. The number of hydrogen-bond acceptors (Lipinski definition) is 3. The minimum atomic E-state index is -0.285. The third-order valence-corrected chi connectivity index (χ3v) is 4.75. The first kappa shape index (κ1) is 13.8. The van der Waals surface area contributed by atoms with Gasteiger partial charge in [-0.1, -0.05) is 6.07 Å². The van der Waals surface area contributed by atoms with Crippen molar-refractivity contribution in [1.29, 1.82) is 0 Å². The number of ether oxygens (including phenoxy) is 1. The summed E-state index contributed by atoms with van der Waals surface area (Å²) >= 11 is 0. The van der Waals surface area contributed by atoms with Crippen molar-refractivity contribution < 1.29 is 9.13 Å². The topological polar surface area (TPSA) is 24.5 Å². The molecule has 3 atom stereocenters. The Labute approximate surface area is 120 Å². The zero-order chi connectivity index (χ0) is 14.1. The number of nitrogens with zero attached hydrogens (tertiary/aromatic N) is 1. The van der Waals surface area contributed by atoms with Crippen LogP contribution in [-0.2, 0) is 0 Å². The summed E-state index contributed by atoms with van der Waals surface area (Å²) in [7, 11) is 1.49.